The van der Waals surface area contributed by atoms with Gasteiger partial charge >= 0.3 is 0 Å². The van der Waals surface area contributed by atoms with Crippen LogP contribution in [0.15, 0.2) is 18.2 Å². The first-order chi connectivity index (χ1) is 9.56. The average Bonchev–Trinajstić information content (AvgIpc) is 2.34. The second-order valence-electron chi connectivity index (χ2n) is 4.42. The van der Waals surface area contributed by atoms with E-state index in [0.717, 1.165) is 0 Å². The first kappa shape index (κ1) is 14.2. The molecule has 2 rings (SSSR count). The zero-order chi connectivity index (χ0) is 14.5. The van der Waals surface area contributed by atoms with Crippen LogP contribution in [0.25, 0.3) is 0 Å². The summed E-state index contributed by atoms with van der Waals surface area (Å²) in [6, 6.07) is 4.27. The van der Waals surface area contributed by atoms with Gasteiger partial charge in [0.15, 0.2) is 0 Å². The highest BCUT2D eigenvalue weighted by atomic mass is 19.1. The molecule has 0 unspecified atom stereocenters. The molecule has 1 fully saturated rings. The van der Waals surface area contributed by atoms with Crippen LogP contribution in [-0.2, 0) is 16.1 Å². The maximum Gasteiger partial charge on any atom is 0.240 e. The van der Waals surface area contributed by atoms with Crippen molar-refractivity contribution in [3.05, 3.63) is 35.1 Å². The SMILES string of the molecule is O=C1CN(Cc2cc(F)cc(C#CCO)c2)CC(=O)N1. The highest BCUT2D eigenvalue weighted by Crippen LogP contribution is 2.12. The maximum atomic E-state index is 13.5. The number of hydrogen-bond donors (Lipinski definition) is 2. The van der Waals surface area contributed by atoms with Gasteiger partial charge in [-0.3, -0.25) is 19.8 Å². The number of rotatable bonds is 2. The van der Waals surface area contributed by atoms with Gasteiger partial charge in [0, 0.05) is 12.1 Å². The summed E-state index contributed by atoms with van der Waals surface area (Å²) in [5.74, 6) is 3.90. The molecule has 6 heteroatoms. The predicted octanol–water partition coefficient (Wildman–Crippen LogP) is -0.372. The van der Waals surface area contributed by atoms with Crippen LogP contribution in [0, 0.1) is 17.7 Å². The summed E-state index contributed by atoms with van der Waals surface area (Å²) >= 11 is 0. The number of hydrogen-bond acceptors (Lipinski definition) is 4. The largest absolute Gasteiger partial charge is 0.384 e. The van der Waals surface area contributed by atoms with Gasteiger partial charge in [-0.1, -0.05) is 11.8 Å². The van der Waals surface area contributed by atoms with Crippen LogP contribution in [0.1, 0.15) is 11.1 Å². The van der Waals surface area contributed by atoms with Crippen molar-refractivity contribution in [2.75, 3.05) is 19.7 Å². The monoisotopic (exact) mass is 276 g/mol. The second-order valence-corrected chi connectivity index (χ2v) is 4.42. The second kappa shape index (κ2) is 6.28. The molecular formula is C14H13FN2O3. The molecule has 0 bridgehead atoms. The minimum atomic E-state index is -0.447. The van der Waals surface area contributed by atoms with Gasteiger partial charge in [-0.2, -0.15) is 0 Å². The van der Waals surface area contributed by atoms with Gasteiger partial charge in [-0.25, -0.2) is 4.39 Å². The van der Waals surface area contributed by atoms with Crippen LogP contribution < -0.4 is 5.32 Å². The molecule has 2 amide bonds. The molecule has 0 spiro atoms. The minimum absolute atomic E-state index is 0.0971. The Kier molecular flexibility index (Phi) is 4.45. The van der Waals surface area contributed by atoms with Gasteiger partial charge in [0.1, 0.15) is 12.4 Å². The van der Waals surface area contributed by atoms with Crippen molar-refractivity contribution in [2.24, 2.45) is 0 Å². The number of aliphatic hydroxyl groups excluding tert-OH is 1. The minimum Gasteiger partial charge on any atom is -0.384 e. The molecule has 1 heterocycles. The van der Waals surface area contributed by atoms with Crippen molar-refractivity contribution in [2.45, 2.75) is 6.54 Å². The summed E-state index contributed by atoms with van der Waals surface area (Å²) < 4.78 is 13.5. The number of nitrogens with one attached hydrogen (secondary N) is 1. The van der Waals surface area contributed by atoms with Crippen molar-refractivity contribution >= 4 is 11.8 Å². The van der Waals surface area contributed by atoms with Gasteiger partial charge < -0.3 is 5.11 Å². The number of imide groups is 1. The van der Waals surface area contributed by atoms with E-state index in [2.05, 4.69) is 17.2 Å². The molecule has 104 valence electrons. The fraction of sp³-hybridized carbons (Fsp3) is 0.286. The Bertz CT molecular complexity index is 588. The number of nitrogens with zero attached hydrogens (tertiary/aromatic N) is 1. The number of aliphatic hydroxyl groups is 1. The fourth-order valence-electron chi connectivity index (χ4n) is 2.02. The number of amides is 2. The van der Waals surface area contributed by atoms with Crippen molar-refractivity contribution < 1.29 is 19.1 Å². The van der Waals surface area contributed by atoms with Gasteiger partial charge in [0.25, 0.3) is 0 Å². The molecule has 20 heavy (non-hydrogen) atoms. The van der Waals surface area contributed by atoms with Crippen molar-refractivity contribution in [1.29, 1.82) is 0 Å². The third-order valence-electron chi connectivity index (χ3n) is 2.69. The number of piperazine rings is 1. The quantitative estimate of drug-likeness (QED) is 0.571. The van der Waals surface area contributed by atoms with E-state index >= 15 is 0 Å². The van der Waals surface area contributed by atoms with E-state index in [-0.39, 0.29) is 38.1 Å². The van der Waals surface area contributed by atoms with Gasteiger partial charge in [0.2, 0.25) is 11.8 Å². The van der Waals surface area contributed by atoms with Crippen LogP contribution >= 0.6 is 0 Å². The van der Waals surface area contributed by atoms with E-state index in [1.807, 2.05) is 0 Å². The van der Waals surface area contributed by atoms with Crippen LogP contribution in [-0.4, -0.2) is 41.5 Å². The topological polar surface area (TPSA) is 69.6 Å². The van der Waals surface area contributed by atoms with E-state index < -0.39 is 5.82 Å². The Labute approximate surface area is 115 Å². The Morgan fingerprint density at radius 3 is 2.60 bits per heavy atom. The first-order valence-electron chi connectivity index (χ1n) is 6.01. The molecule has 2 N–H and O–H groups in total. The molecule has 0 saturated carbocycles. The van der Waals surface area contributed by atoms with Gasteiger partial charge in [0.05, 0.1) is 13.1 Å². The lowest BCUT2D eigenvalue weighted by Gasteiger charge is -2.25. The molecular weight excluding hydrogens is 263 g/mol. The third-order valence-corrected chi connectivity index (χ3v) is 2.69. The Morgan fingerprint density at radius 1 is 1.25 bits per heavy atom. The molecule has 1 saturated heterocycles. The fourth-order valence-corrected chi connectivity index (χ4v) is 2.02. The summed E-state index contributed by atoms with van der Waals surface area (Å²) in [6.45, 7) is 0.178. The summed E-state index contributed by atoms with van der Waals surface area (Å²) in [5, 5.41) is 10.8. The molecule has 0 aromatic heterocycles. The molecule has 0 aliphatic carbocycles. The maximum absolute atomic E-state index is 13.5. The van der Waals surface area contributed by atoms with Gasteiger partial charge in [-0.05, 0) is 23.8 Å². The van der Waals surface area contributed by atoms with Crippen LogP contribution in [0.2, 0.25) is 0 Å². The normalized spacial score (nSPS) is 15.5. The van der Waals surface area contributed by atoms with E-state index in [1.165, 1.54) is 12.1 Å². The lowest BCUT2D eigenvalue weighted by molar-refractivity contribution is -0.136. The van der Waals surface area contributed by atoms with E-state index in [4.69, 9.17) is 5.11 Å². The number of halogens is 1. The van der Waals surface area contributed by atoms with Crippen LogP contribution in [0.4, 0.5) is 4.39 Å². The van der Waals surface area contributed by atoms with Crippen molar-refractivity contribution in [1.82, 2.24) is 10.2 Å². The summed E-state index contributed by atoms with van der Waals surface area (Å²) in [7, 11) is 0. The highest BCUT2D eigenvalue weighted by molar-refractivity contribution is 5.99. The van der Waals surface area contributed by atoms with Crippen LogP contribution in [0.3, 0.4) is 0 Å². The standard InChI is InChI=1S/C14H13FN2O3/c15-12-5-10(2-1-3-18)4-11(6-12)7-17-8-13(19)16-14(20)9-17/h4-6,18H,3,7-9H2,(H,16,19,20). The van der Waals surface area contributed by atoms with Crippen molar-refractivity contribution in [3.63, 3.8) is 0 Å². The molecule has 1 aliphatic heterocycles. The molecule has 0 atom stereocenters. The number of benzene rings is 1. The number of carbonyl (C=O) groups is 2. The van der Waals surface area contributed by atoms with E-state index in [1.54, 1.807) is 11.0 Å². The highest BCUT2D eigenvalue weighted by Gasteiger charge is 2.22. The Hall–Kier alpha value is -2.23. The Balaban J connectivity index is 2.14. The Morgan fingerprint density at radius 2 is 1.95 bits per heavy atom. The van der Waals surface area contributed by atoms with Crippen LogP contribution in [0.5, 0.6) is 0 Å². The lowest BCUT2D eigenvalue weighted by atomic mass is 10.1. The zero-order valence-corrected chi connectivity index (χ0v) is 10.6. The zero-order valence-electron chi connectivity index (χ0n) is 10.6. The molecule has 0 radical (unpaired) electrons. The molecule has 1 aromatic carbocycles. The average molecular weight is 276 g/mol. The summed E-state index contributed by atoms with van der Waals surface area (Å²) in [5.41, 5.74) is 1.07. The summed E-state index contributed by atoms with van der Waals surface area (Å²) in [6.07, 6.45) is 0. The molecule has 1 aromatic rings. The number of carbonyl (C=O) groups excluding carboxylic acids is 2. The van der Waals surface area contributed by atoms with Gasteiger partial charge in [-0.15, -0.1) is 0 Å². The first-order valence-corrected chi connectivity index (χ1v) is 6.01. The molecule has 1 aliphatic rings. The van der Waals surface area contributed by atoms with Crippen molar-refractivity contribution in [3.8, 4) is 11.8 Å². The summed E-state index contributed by atoms with van der Waals surface area (Å²) in [4.78, 5) is 24.1. The molecule has 5 nitrogen and oxygen atoms in total. The lowest BCUT2D eigenvalue weighted by Crippen LogP contribution is -2.50. The van der Waals surface area contributed by atoms with E-state index in [0.29, 0.717) is 11.1 Å². The van der Waals surface area contributed by atoms with E-state index in [9.17, 15) is 14.0 Å². The smallest absolute Gasteiger partial charge is 0.240 e. The third kappa shape index (κ3) is 3.88. The predicted molar refractivity (Wildman–Crippen MR) is 68.8 cm³/mol.